The molecule has 0 aromatic carbocycles. The van der Waals surface area contributed by atoms with E-state index < -0.39 is 5.97 Å². The van der Waals surface area contributed by atoms with Crippen molar-refractivity contribution in [1.29, 1.82) is 0 Å². The number of rotatable bonds is 2. The van der Waals surface area contributed by atoms with Crippen molar-refractivity contribution >= 4 is 18.0 Å². The van der Waals surface area contributed by atoms with Gasteiger partial charge in [-0.3, -0.25) is 14.4 Å². The van der Waals surface area contributed by atoms with Gasteiger partial charge in [0.1, 0.15) is 5.70 Å². The summed E-state index contributed by atoms with van der Waals surface area (Å²) in [6.45, 7) is 0.937. The number of carbonyl (C=O) groups is 2. The third-order valence-corrected chi connectivity index (χ3v) is 4.14. The number of aliphatic carboxylic acids is 1. The number of fused-ring (bicyclic) bond motifs is 2. The van der Waals surface area contributed by atoms with Crippen molar-refractivity contribution in [3.63, 3.8) is 0 Å². The van der Waals surface area contributed by atoms with Gasteiger partial charge in [0.05, 0.1) is 11.7 Å². The van der Waals surface area contributed by atoms with Gasteiger partial charge in [-0.25, -0.2) is 4.79 Å². The van der Waals surface area contributed by atoms with Gasteiger partial charge in [-0.15, -0.1) is 0 Å². The van der Waals surface area contributed by atoms with Gasteiger partial charge in [-0.1, -0.05) is 6.08 Å². The standard InChI is InChI=1S/C14H13N3O3/c18-13-10(11-3-4-12(14(19)20)17(11)13)7-8-6-9-2-1-5-16(9)15-8/h4,6-7,11H,1-3,5H2,(H,19,20)/t11-/m1/s1. The third-order valence-electron chi connectivity index (χ3n) is 4.14. The van der Waals surface area contributed by atoms with E-state index in [-0.39, 0.29) is 17.6 Å². The average molecular weight is 271 g/mol. The number of aromatic nitrogens is 2. The van der Waals surface area contributed by atoms with Crippen LogP contribution in [0.2, 0.25) is 0 Å². The molecular weight excluding hydrogens is 258 g/mol. The van der Waals surface area contributed by atoms with Crippen LogP contribution in [0.4, 0.5) is 0 Å². The first kappa shape index (κ1) is 11.5. The minimum Gasteiger partial charge on any atom is -0.477 e. The van der Waals surface area contributed by atoms with Crippen LogP contribution in [0, 0.1) is 0 Å². The molecule has 4 rings (SSSR count). The number of amides is 1. The number of nitrogens with zero attached hydrogens (tertiary/aromatic N) is 3. The first-order chi connectivity index (χ1) is 9.65. The summed E-state index contributed by atoms with van der Waals surface area (Å²) in [7, 11) is 0. The molecule has 1 saturated heterocycles. The largest absolute Gasteiger partial charge is 0.477 e. The second kappa shape index (κ2) is 3.82. The zero-order valence-corrected chi connectivity index (χ0v) is 10.7. The first-order valence-corrected chi connectivity index (χ1v) is 6.70. The van der Waals surface area contributed by atoms with Crippen LogP contribution in [0.5, 0.6) is 0 Å². The van der Waals surface area contributed by atoms with Crippen molar-refractivity contribution in [2.24, 2.45) is 0 Å². The summed E-state index contributed by atoms with van der Waals surface area (Å²) in [6, 6.07) is 1.89. The Balaban J connectivity index is 1.61. The van der Waals surface area contributed by atoms with E-state index in [0.29, 0.717) is 12.0 Å². The normalized spacial score (nSPS) is 25.5. The van der Waals surface area contributed by atoms with E-state index in [0.717, 1.165) is 25.1 Å². The molecule has 4 heterocycles. The molecule has 3 aliphatic rings. The zero-order chi connectivity index (χ0) is 13.9. The zero-order valence-electron chi connectivity index (χ0n) is 10.7. The van der Waals surface area contributed by atoms with Crippen molar-refractivity contribution in [3.05, 3.63) is 34.8 Å². The smallest absolute Gasteiger partial charge is 0.352 e. The summed E-state index contributed by atoms with van der Waals surface area (Å²) in [5, 5.41) is 13.5. The molecule has 0 saturated carbocycles. The molecule has 1 fully saturated rings. The quantitative estimate of drug-likeness (QED) is 0.637. The molecule has 1 aromatic rings. The lowest BCUT2D eigenvalue weighted by atomic mass is 9.93. The molecule has 3 aliphatic heterocycles. The van der Waals surface area contributed by atoms with Crippen LogP contribution in [0.3, 0.4) is 0 Å². The maximum absolute atomic E-state index is 12.1. The number of carboxylic acid groups (broad SMARTS) is 1. The molecule has 1 amide bonds. The lowest BCUT2D eigenvalue weighted by molar-refractivity contribution is -0.142. The Labute approximate surface area is 115 Å². The van der Waals surface area contributed by atoms with E-state index in [2.05, 4.69) is 5.10 Å². The van der Waals surface area contributed by atoms with Gasteiger partial charge in [0.25, 0.3) is 5.91 Å². The van der Waals surface area contributed by atoms with Gasteiger partial charge < -0.3 is 5.11 Å². The molecule has 0 spiro atoms. The fourth-order valence-electron chi connectivity index (χ4n) is 3.19. The van der Waals surface area contributed by atoms with Crippen molar-refractivity contribution < 1.29 is 14.7 Å². The fraction of sp³-hybridized carbons (Fsp3) is 0.357. The Morgan fingerprint density at radius 3 is 3.10 bits per heavy atom. The molecule has 1 N–H and O–H groups in total. The molecule has 1 aromatic heterocycles. The summed E-state index contributed by atoms with van der Waals surface area (Å²) in [5.74, 6) is -1.25. The number of hydrogen-bond acceptors (Lipinski definition) is 3. The second-order valence-corrected chi connectivity index (χ2v) is 5.31. The molecule has 1 atom stereocenters. The molecule has 0 aliphatic carbocycles. The molecular formula is C14H13N3O3. The number of carbonyl (C=O) groups excluding carboxylic acids is 1. The van der Waals surface area contributed by atoms with Crippen LogP contribution in [0.1, 0.15) is 24.2 Å². The molecule has 0 bridgehead atoms. The highest BCUT2D eigenvalue weighted by Crippen LogP contribution is 2.39. The Morgan fingerprint density at radius 1 is 1.50 bits per heavy atom. The first-order valence-electron chi connectivity index (χ1n) is 6.70. The highest BCUT2D eigenvalue weighted by molar-refractivity contribution is 6.10. The maximum Gasteiger partial charge on any atom is 0.352 e. The number of aryl methyl sites for hydroxylation is 2. The van der Waals surface area contributed by atoms with Crippen molar-refractivity contribution in [1.82, 2.24) is 14.7 Å². The minimum absolute atomic E-state index is 0.101. The van der Waals surface area contributed by atoms with Gasteiger partial charge in [-0.05, 0) is 31.4 Å². The summed E-state index contributed by atoms with van der Waals surface area (Å²) in [4.78, 5) is 24.4. The Hall–Kier alpha value is -2.37. The molecule has 0 unspecified atom stereocenters. The van der Waals surface area contributed by atoms with Gasteiger partial charge in [-0.2, -0.15) is 5.10 Å². The van der Waals surface area contributed by atoms with E-state index in [1.165, 1.54) is 10.6 Å². The van der Waals surface area contributed by atoms with Crippen LogP contribution in [0.25, 0.3) is 6.08 Å². The molecule has 0 radical (unpaired) electrons. The Kier molecular flexibility index (Phi) is 2.19. The lowest BCUT2D eigenvalue weighted by Crippen LogP contribution is -2.52. The molecule has 6 nitrogen and oxygen atoms in total. The highest BCUT2D eigenvalue weighted by Gasteiger charge is 2.48. The van der Waals surface area contributed by atoms with Crippen LogP contribution in [0.15, 0.2) is 23.4 Å². The minimum atomic E-state index is -1.04. The van der Waals surface area contributed by atoms with Gasteiger partial charge in [0.2, 0.25) is 0 Å². The predicted molar refractivity (Wildman–Crippen MR) is 69.5 cm³/mol. The van der Waals surface area contributed by atoms with E-state index >= 15 is 0 Å². The van der Waals surface area contributed by atoms with Gasteiger partial charge in [0, 0.05) is 17.8 Å². The fourth-order valence-corrected chi connectivity index (χ4v) is 3.19. The van der Waals surface area contributed by atoms with Crippen LogP contribution in [-0.2, 0) is 22.6 Å². The van der Waals surface area contributed by atoms with Crippen molar-refractivity contribution in [2.45, 2.75) is 31.8 Å². The second-order valence-electron chi connectivity index (χ2n) is 5.31. The highest BCUT2D eigenvalue weighted by atomic mass is 16.4. The number of hydrogen-bond donors (Lipinski definition) is 1. The van der Waals surface area contributed by atoms with Crippen molar-refractivity contribution in [2.75, 3.05) is 0 Å². The van der Waals surface area contributed by atoms with E-state index in [1.807, 2.05) is 10.7 Å². The predicted octanol–water partition coefficient (Wildman–Crippen LogP) is 0.796. The van der Waals surface area contributed by atoms with Crippen LogP contribution >= 0.6 is 0 Å². The van der Waals surface area contributed by atoms with Gasteiger partial charge >= 0.3 is 5.97 Å². The average Bonchev–Trinajstić information content (AvgIpc) is 3.07. The van der Waals surface area contributed by atoms with Crippen LogP contribution in [-0.4, -0.2) is 37.7 Å². The molecule has 6 heteroatoms. The lowest BCUT2D eigenvalue weighted by Gasteiger charge is -2.38. The van der Waals surface area contributed by atoms with E-state index in [9.17, 15) is 9.59 Å². The van der Waals surface area contributed by atoms with E-state index in [4.69, 9.17) is 5.11 Å². The van der Waals surface area contributed by atoms with E-state index in [1.54, 1.807) is 12.2 Å². The van der Waals surface area contributed by atoms with Crippen LogP contribution < -0.4 is 0 Å². The summed E-state index contributed by atoms with van der Waals surface area (Å²) >= 11 is 0. The Bertz CT molecular complexity index is 677. The third kappa shape index (κ3) is 1.41. The SMILES string of the molecule is O=C(O)C1=CC[C@@H]2C(=Cc3cc4n(n3)CCC4)C(=O)N12. The summed E-state index contributed by atoms with van der Waals surface area (Å²) in [5.41, 5.74) is 2.77. The monoisotopic (exact) mass is 271 g/mol. The number of carboxylic acids is 1. The maximum atomic E-state index is 12.1. The van der Waals surface area contributed by atoms with Crippen molar-refractivity contribution in [3.8, 4) is 0 Å². The molecule has 102 valence electrons. The topological polar surface area (TPSA) is 75.4 Å². The summed E-state index contributed by atoms with van der Waals surface area (Å²) < 4.78 is 1.98. The van der Waals surface area contributed by atoms with Gasteiger partial charge in [0.15, 0.2) is 0 Å². The Morgan fingerprint density at radius 2 is 2.35 bits per heavy atom. The summed E-state index contributed by atoms with van der Waals surface area (Å²) in [6.07, 6.45) is 6.14. The number of β-lactam (4-membered cyclic amide) rings is 1. The molecule has 20 heavy (non-hydrogen) atoms.